The molecule has 1 aromatic rings. The predicted molar refractivity (Wildman–Crippen MR) is 57.4 cm³/mol. The monoisotopic (exact) mass is 209 g/mol. The van der Waals surface area contributed by atoms with E-state index in [2.05, 4.69) is 0 Å². The summed E-state index contributed by atoms with van der Waals surface area (Å²) in [6.45, 7) is 3.74. The van der Waals surface area contributed by atoms with Crippen LogP contribution in [0.4, 0.5) is 5.69 Å². The van der Waals surface area contributed by atoms with Crippen molar-refractivity contribution in [3.05, 3.63) is 30.3 Å². The number of alkyl halides is 1. The van der Waals surface area contributed by atoms with Crippen molar-refractivity contribution in [3.63, 3.8) is 0 Å². The summed E-state index contributed by atoms with van der Waals surface area (Å²) in [7, 11) is 0. The van der Waals surface area contributed by atoms with Gasteiger partial charge in [0.1, 0.15) is 5.50 Å². The van der Waals surface area contributed by atoms with Crippen LogP contribution in [0.1, 0.15) is 13.8 Å². The van der Waals surface area contributed by atoms with E-state index in [0.29, 0.717) is 0 Å². The topological polar surface area (TPSA) is 20.3 Å². The number of hydrogen-bond acceptors (Lipinski definition) is 1. The SMILES string of the molecule is CC1(C)C(=O)N(c2ccccc2)C1Cl. The number of halogens is 1. The summed E-state index contributed by atoms with van der Waals surface area (Å²) < 4.78 is 0. The first-order chi connectivity index (χ1) is 6.55. The molecule has 1 saturated heterocycles. The average molecular weight is 210 g/mol. The van der Waals surface area contributed by atoms with Gasteiger partial charge in [0.15, 0.2) is 0 Å². The molecule has 1 aromatic carbocycles. The minimum Gasteiger partial charge on any atom is -0.294 e. The minimum absolute atomic E-state index is 0.0868. The van der Waals surface area contributed by atoms with Crippen LogP contribution < -0.4 is 4.90 Å². The van der Waals surface area contributed by atoms with Gasteiger partial charge in [-0.2, -0.15) is 0 Å². The average Bonchev–Trinajstić information content (AvgIpc) is 2.20. The zero-order valence-corrected chi connectivity index (χ0v) is 8.95. The maximum Gasteiger partial charge on any atom is 0.237 e. The van der Waals surface area contributed by atoms with Crippen molar-refractivity contribution in [2.24, 2.45) is 5.41 Å². The number of amides is 1. The molecule has 3 heteroatoms. The minimum atomic E-state index is -0.433. The molecule has 0 aliphatic carbocycles. The van der Waals surface area contributed by atoms with Gasteiger partial charge in [0.05, 0.1) is 5.41 Å². The molecule has 1 atom stereocenters. The van der Waals surface area contributed by atoms with E-state index < -0.39 is 5.41 Å². The van der Waals surface area contributed by atoms with E-state index in [1.165, 1.54) is 0 Å². The van der Waals surface area contributed by atoms with E-state index in [9.17, 15) is 4.79 Å². The molecule has 0 spiro atoms. The lowest BCUT2D eigenvalue weighted by Gasteiger charge is -2.49. The van der Waals surface area contributed by atoms with E-state index in [0.717, 1.165) is 5.69 Å². The second-order valence-corrected chi connectivity index (χ2v) is 4.48. The van der Waals surface area contributed by atoms with Gasteiger partial charge in [0, 0.05) is 5.69 Å². The van der Waals surface area contributed by atoms with E-state index in [1.54, 1.807) is 4.90 Å². The number of carbonyl (C=O) groups is 1. The largest absolute Gasteiger partial charge is 0.294 e. The fourth-order valence-electron chi connectivity index (χ4n) is 1.61. The van der Waals surface area contributed by atoms with E-state index >= 15 is 0 Å². The molecule has 0 radical (unpaired) electrons. The van der Waals surface area contributed by atoms with Crippen molar-refractivity contribution >= 4 is 23.2 Å². The zero-order chi connectivity index (χ0) is 10.3. The molecule has 14 heavy (non-hydrogen) atoms. The van der Waals surface area contributed by atoms with Crippen LogP contribution in [-0.2, 0) is 4.79 Å². The summed E-state index contributed by atoms with van der Waals surface area (Å²) in [6, 6.07) is 9.50. The number of hydrogen-bond donors (Lipinski definition) is 0. The second-order valence-electron chi connectivity index (χ2n) is 4.07. The van der Waals surface area contributed by atoms with Gasteiger partial charge in [-0.3, -0.25) is 9.69 Å². The molecule has 1 aliphatic rings. The molecule has 0 bridgehead atoms. The molecule has 74 valence electrons. The highest BCUT2D eigenvalue weighted by molar-refractivity contribution is 6.31. The molecule has 1 heterocycles. The van der Waals surface area contributed by atoms with Gasteiger partial charge in [-0.1, -0.05) is 29.8 Å². The molecule has 0 aromatic heterocycles. The smallest absolute Gasteiger partial charge is 0.237 e. The fourth-order valence-corrected chi connectivity index (χ4v) is 1.90. The van der Waals surface area contributed by atoms with Crippen LogP contribution in [0.5, 0.6) is 0 Å². The molecule has 2 nitrogen and oxygen atoms in total. The Morgan fingerprint density at radius 2 is 1.86 bits per heavy atom. The van der Waals surface area contributed by atoms with Crippen molar-refractivity contribution in [3.8, 4) is 0 Å². The van der Waals surface area contributed by atoms with E-state index in [1.807, 2.05) is 44.2 Å². The quantitative estimate of drug-likeness (QED) is 0.396. The van der Waals surface area contributed by atoms with Crippen LogP contribution in [0.15, 0.2) is 30.3 Å². The Morgan fingerprint density at radius 3 is 2.36 bits per heavy atom. The first-order valence-electron chi connectivity index (χ1n) is 4.58. The highest BCUT2D eigenvalue weighted by Crippen LogP contribution is 2.43. The molecule has 2 rings (SSSR count). The van der Waals surface area contributed by atoms with Crippen molar-refractivity contribution in [1.82, 2.24) is 0 Å². The number of carbonyl (C=O) groups excluding carboxylic acids is 1. The van der Waals surface area contributed by atoms with Gasteiger partial charge in [-0.05, 0) is 26.0 Å². The van der Waals surface area contributed by atoms with Crippen molar-refractivity contribution < 1.29 is 4.79 Å². The zero-order valence-electron chi connectivity index (χ0n) is 8.20. The molecule has 1 unspecified atom stereocenters. The number of benzene rings is 1. The van der Waals surface area contributed by atoms with Crippen LogP contribution in [0.3, 0.4) is 0 Å². The lowest BCUT2D eigenvalue weighted by molar-refractivity contribution is -0.134. The standard InChI is InChI=1S/C11H12ClNO/c1-11(2)9(12)13(10(11)14)8-6-4-3-5-7-8/h3-7,9H,1-2H3. The third-order valence-electron chi connectivity index (χ3n) is 2.63. The summed E-state index contributed by atoms with van der Waals surface area (Å²) in [6.07, 6.45) is 0. The van der Waals surface area contributed by atoms with Crippen molar-refractivity contribution in [2.75, 3.05) is 4.90 Å². The number of nitrogens with zero attached hydrogens (tertiary/aromatic N) is 1. The molecule has 1 fully saturated rings. The Labute approximate surface area is 88.5 Å². The normalized spacial score (nSPS) is 24.6. The molecule has 1 amide bonds. The lowest BCUT2D eigenvalue weighted by Crippen LogP contribution is -2.64. The first-order valence-corrected chi connectivity index (χ1v) is 5.01. The molecule has 0 saturated carbocycles. The van der Waals surface area contributed by atoms with Gasteiger partial charge in [0.2, 0.25) is 5.91 Å². The second kappa shape index (κ2) is 2.99. The highest BCUT2D eigenvalue weighted by Gasteiger charge is 2.53. The third-order valence-corrected chi connectivity index (χ3v) is 3.37. The number of β-lactam (4-membered cyclic amide) rings is 1. The van der Waals surface area contributed by atoms with Crippen LogP contribution in [0.25, 0.3) is 0 Å². The number of anilines is 1. The molecule has 1 aliphatic heterocycles. The Morgan fingerprint density at radius 1 is 1.29 bits per heavy atom. The molecule has 0 N–H and O–H groups in total. The summed E-state index contributed by atoms with van der Waals surface area (Å²) in [5.41, 5.74) is 0.200. The predicted octanol–water partition coefficient (Wildman–Crippen LogP) is 2.62. The van der Waals surface area contributed by atoms with Crippen LogP contribution in [-0.4, -0.2) is 11.4 Å². The van der Waals surface area contributed by atoms with Crippen LogP contribution in [0.2, 0.25) is 0 Å². The van der Waals surface area contributed by atoms with Gasteiger partial charge in [0.25, 0.3) is 0 Å². The summed E-state index contributed by atoms with van der Waals surface area (Å²) in [5, 5.41) is 0. The van der Waals surface area contributed by atoms with Crippen molar-refractivity contribution in [1.29, 1.82) is 0 Å². The maximum absolute atomic E-state index is 11.7. The third kappa shape index (κ3) is 1.14. The first kappa shape index (κ1) is 9.53. The number of rotatable bonds is 1. The van der Waals surface area contributed by atoms with Crippen LogP contribution in [0, 0.1) is 5.41 Å². The van der Waals surface area contributed by atoms with E-state index in [-0.39, 0.29) is 11.4 Å². The Bertz CT molecular complexity index is 361. The van der Waals surface area contributed by atoms with Gasteiger partial charge < -0.3 is 0 Å². The van der Waals surface area contributed by atoms with E-state index in [4.69, 9.17) is 11.6 Å². The highest BCUT2D eigenvalue weighted by atomic mass is 35.5. The number of para-hydroxylation sites is 1. The van der Waals surface area contributed by atoms with Crippen molar-refractivity contribution in [2.45, 2.75) is 19.3 Å². The van der Waals surface area contributed by atoms with Crippen LogP contribution >= 0.6 is 11.6 Å². The summed E-state index contributed by atoms with van der Waals surface area (Å²) in [5.74, 6) is 0.0868. The summed E-state index contributed by atoms with van der Waals surface area (Å²) in [4.78, 5) is 13.4. The van der Waals surface area contributed by atoms with Gasteiger partial charge in [-0.25, -0.2) is 0 Å². The molecular formula is C11H12ClNO. The Balaban J connectivity index is 2.29. The maximum atomic E-state index is 11.7. The summed E-state index contributed by atoms with van der Waals surface area (Å²) >= 11 is 6.14. The fraction of sp³-hybridized carbons (Fsp3) is 0.364. The van der Waals surface area contributed by atoms with Gasteiger partial charge in [-0.15, -0.1) is 0 Å². The van der Waals surface area contributed by atoms with Gasteiger partial charge >= 0.3 is 0 Å². The Hall–Kier alpha value is -1.02. The Kier molecular flexibility index (Phi) is 2.04. The molecular weight excluding hydrogens is 198 g/mol. The lowest BCUT2D eigenvalue weighted by atomic mass is 9.82.